The van der Waals surface area contributed by atoms with Gasteiger partial charge < -0.3 is 9.42 Å². The molecule has 146 valence electrons. The number of benzene rings is 1. The van der Waals surface area contributed by atoms with Crippen LogP contribution in [0.3, 0.4) is 0 Å². The van der Waals surface area contributed by atoms with Gasteiger partial charge in [-0.25, -0.2) is 4.98 Å². The number of nitrogens with zero attached hydrogens (tertiary/aromatic N) is 4. The predicted molar refractivity (Wildman–Crippen MR) is 109 cm³/mol. The van der Waals surface area contributed by atoms with Crippen molar-refractivity contribution < 1.29 is 9.32 Å². The Morgan fingerprint density at radius 2 is 1.96 bits per heavy atom. The number of amides is 1. The highest BCUT2D eigenvalue weighted by molar-refractivity contribution is 7.09. The van der Waals surface area contributed by atoms with Crippen LogP contribution in [-0.4, -0.2) is 52.0 Å². The van der Waals surface area contributed by atoms with E-state index in [1.165, 1.54) is 0 Å². The summed E-state index contributed by atoms with van der Waals surface area (Å²) in [5, 5.41) is 7.37. The smallest absolute Gasteiger partial charge is 0.259 e. The summed E-state index contributed by atoms with van der Waals surface area (Å²) in [4.78, 5) is 22.2. The molecule has 0 saturated carbocycles. The van der Waals surface area contributed by atoms with Gasteiger partial charge in [-0.1, -0.05) is 35.5 Å². The fourth-order valence-electron chi connectivity index (χ4n) is 3.62. The van der Waals surface area contributed by atoms with Crippen molar-refractivity contribution in [2.45, 2.75) is 26.8 Å². The van der Waals surface area contributed by atoms with Crippen molar-refractivity contribution in [1.29, 1.82) is 0 Å². The van der Waals surface area contributed by atoms with E-state index in [1.807, 2.05) is 42.2 Å². The standard InChI is InChI=1S/C21H24N4O2S/c1-15-19(20(23-27-15)17-7-4-3-5-8-17)21(26)25-10-6-9-24(11-12-25)13-18-14-28-16(2)22-18/h3-5,7-8,14H,6,9-13H2,1-2H3. The Morgan fingerprint density at radius 3 is 2.71 bits per heavy atom. The largest absolute Gasteiger partial charge is 0.360 e. The van der Waals surface area contributed by atoms with Crippen LogP contribution in [0.2, 0.25) is 0 Å². The Bertz CT molecular complexity index is 950. The van der Waals surface area contributed by atoms with Crippen LogP contribution in [-0.2, 0) is 6.54 Å². The Kier molecular flexibility index (Phi) is 5.54. The number of aromatic nitrogens is 2. The van der Waals surface area contributed by atoms with E-state index < -0.39 is 0 Å². The minimum Gasteiger partial charge on any atom is -0.360 e. The van der Waals surface area contributed by atoms with E-state index in [2.05, 4.69) is 20.4 Å². The van der Waals surface area contributed by atoms with Gasteiger partial charge in [0.05, 0.1) is 10.7 Å². The maximum absolute atomic E-state index is 13.3. The number of rotatable bonds is 4. The molecule has 1 aliphatic rings. The average Bonchev–Trinajstić information content (AvgIpc) is 3.20. The molecule has 0 N–H and O–H groups in total. The second-order valence-electron chi connectivity index (χ2n) is 7.11. The topological polar surface area (TPSA) is 62.5 Å². The minimum absolute atomic E-state index is 0.00366. The summed E-state index contributed by atoms with van der Waals surface area (Å²) in [6.07, 6.45) is 0.944. The van der Waals surface area contributed by atoms with Crippen molar-refractivity contribution in [3.05, 3.63) is 57.7 Å². The summed E-state index contributed by atoms with van der Waals surface area (Å²) in [6, 6.07) is 9.74. The van der Waals surface area contributed by atoms with Crippen LogP contribution < -0.4 is 0 Å². The van der Waals surface area contributed by atoms with Crippen molar-refractivity contribution in [3.63, 3.8) is 0 Å². The lowest BCUT2D eigenvalue weighted by Crippen LogP contribution is -2.35. The highest BCUT2D eigenvalue weighted by Gasteiger charge is 2.27. The first kappa shape index (κ1) is 18.8. The molecular formula is C21H24N4O2S. The minimum atomic E-state index is 0.00366. The molecule has 3 heterocycles. The molecule has 0 atom stereocenters. The fraction of sp³-hybridized carbons (Fsp3) is 0.381. The Labute approximate surface area is 168 Å². The van der Waals surface area contributed by atoms with Crippen LogP contribution in [0.25, 0.3) is 11.3 Å². The van der Waals surface area contributed by atoms with Crippen LogP contribution >= 0.6 is 11.3 Å². The normalized spacial score (nSPS) is 15.6. The van der Waals surface area contributed by atoms with Crippen LogP contribution in [0.15, 0.2) is 40.2 Å². The van der Waals surface area contributed by atoms with Gasteiger partial charge in [0.25, 0.3) is 5.91 Å². The number of carbonyl (C=O) groups excluding carboxylic acids is 1. The zero-order valence-electron chi connectivity index (χ0n) is 16.2. The van der Waals surface area contributed by atoms with Gasteiger partial charge in [0.15, 0.2) is 0 Å². The summed E-state index contributed by atoms with van der Waals surface area (Å²) in [5.74, 6) is 0.576. The first-order chi connectivity index (χ1) is 13.6. The lowest BCUT2D eigenvalue weighted by Gasteiger charge is -2.21. The van der Waals surface area contributed by atoms with Gasteiger partial charge >= 0.3 is 0 Å². The third-order valence-electron chi connectivity index (χ3n) is 5.05. The van der Waals surface area contributed by atoms with Crippen LogP contribution in [0, 0.1) is 13.8 Å². The molecule has 6 nitrogen and oxygen atoms in total. The molecule has 28 heavy (non-hydrogen) atoms. The van der Waals surface area contributed by atoms with E-state index in [4.69, 9.17) is 4.52 Å². The number of carbonyl (C=O) groups is 1. The fourth-order valence-corrected chi connectivity index (χ4v) is 4.22. The maximum Gasteiger partial charge on any atom is 0.259 e. The molecule has 1 aliphatic heterocycles. The molecule has 4 rings (SSSR count). The summed E-state index contributed by atoms with van der Waals surface area (Å²) in [5.41, 5.74) is 3.22. The van der Waals surface area contributed by atoms with E-state index in [9.17, 15) is 4.79 Å². The first-order valence-electron chi connectivity index (χ1n) is 9.56. The second kappa shape index (κ2) is 8.24. The van der Waals surface area contributed by atoms with Crippen molar-refractivity contribution in [2.24, 2.45) is 0 Å². The SMILES string of the molecule is Cc1nc(CN2CCCN(C(=O)c3c(-c4ccccc4)noc3C)CC2)cs1. The molecular weight excluding hydrogens is 372 g/mol. The monoisotopic (exact) mass is 396 g/mol. The summed E-state index contributed by atoms with van der Waals surface area (Å²) in [7, 11) is 0. The van der Waals surface area contributed by atoms with E-state index >= 15 is 0 Å². The van der Waals surface area contributed by atoms with Crippen molar-refractivity contribution in [3.8, 4) is 11.3 Å². The number of hydrogen-bond donors (Lipinski definition) is 0. The van der Waals surface area contributed by atoms with Gasteiger partial charge in [0.2, 0.25) is 0 Å². The van der Waals surface area contributed by atoms with Gasteiger partial charge in [0, 0.05) is 43.7 Å². The third-order valence-corrected chi connectivity index (χ3v) is 5.87. The summed E-state index contributed by atoms with van der Waals surface area (Å²) in [6.45, 7) is 7.92. The molecule has 2 aromatic heterocycles. The molecule has 1 saturated heterocycles. The zero-order chi connectivity index (χ0) is 19.5. The molecule has 1 amide bonds. The number of hydrogen-bond acceptors (Lipinski definition) is 6. The van der Waals surface area contributed by atoms with E-state index in [1.54, 1.807) is 18.3 Å². The average molecular weight is 397 g/mol. The van der Waals surface area contributed by atoms with Crippen LogP contribution in [0.5, 0.6) is 0 Å². The summed E-state index contributed by atoms with van der Waals surface area (Å²) < 4.78 is 5.38. The Hall–Kier alpha value is -2.51. The molecule has 3 aromatic rings. The molecule has 1 fully saturated rings. The highest BCUT2D eigenvalue weighted by atomic mass is 32.1. The Morgan fingerprint density at radius 1 is 1.14 bits per heavy atom. The number of thiazole rings is 1. The number of aryl methyl sites for hydroxylation is 2. The van der Waals surface area contributed by atoms with Crippen LogP contribution in [0.4, 0.5) is 0 Å². The quantitative estimate of drug-likeness (QED) is 0.672. The predicted octanol–water partition coefficient (Wildman–Crippen LogP) is 3.76. The Balaban J connectivity index is 1.48. The van der Waals surface area contributed by atoms with E-state index in [0.717, 1.165) is 48.9 Å². The molecule has 7 heteroatoms. The van der Waals surface area contributed by atoms with Crippen LogP contribution in [0.1, 0.15) is 33.2 Å². The maximum atomic E-state index is 13.3. The second-order valence-corrected chi connectivity index (χ2v) is 8.17. The van der Waals surface area contributed by atoms with Gasteiger partial charge in [-0.3, -0.25) is 9.69 Å². The van der Waals surface area contributed by atoms with E-state index in [-0.39, 0.29) is 5.91 Å². The highest BCUT2D eigenvalue weighted by Crippen LogP contribution is 2.26. The summed E-state index contributed by atoms with van der Waals surface area (Å²) >= 11 is 1.68. The lowest BCUT2D eigenvalue weighted by molar-refractivity contribution is 0.0760. The molecule has 0 radical (unpaired) electrons. The first-order valence-corrected chi connectivity index (χ1v) is 10.4. The van der Waals surface area contributed by atoms with Crippen molar-refractivity contribution in [1.82, 2.24) is 19.9 Å². The van der Waals surface area contributed by atoms with Gasteiger partial charge in [-0.05, 0) is 20.3 Å². The van der Waals surface area contributed by atoms with Gasteiger partial charge in [-0.2, -0.15) is 0 Å². The molecule has 0 unspecified atom stereocenters. The van der Waals surface area contributed by atoms with Gasteiger partial charge in [-0.15, -0.1) is 11.3 Å². The molecule has 1 aromatic carbocycles. The zero-order valence-corrected chi connectivity index (χ0v) is 17.0. The van der Waals surface area contributed by atoms with Crippen molar-refractivity contribution in [2.75, 3.05) is 26.2 Å². The van der Waals surface area contributed by atoms with Crippen molar-refractivity contribution >= 4 is 17.2 Å². The van der Waals surface area contributed by atoms with E-state index in [0.29, 0.717) is 23.6 Å². The van der Waals surface area contributed by atoms with Gasteiger partial charge in [0.1, 0.15) is 17.0 Å². The lowest BCUT2D eigenvalue weighted by atomic mass is 10.1. The molecule has 0 spiro atoms. The molecule has 0 bridgehead atoms. The third kappa shape index (κ3) is 4.00. The molecule has 0 aliphatic carbocycles.